The molecule has 7 nitrogen and oxygen atoms in total. The van der Waals surface area contributed by atoms with Gasteiger partial charge in [0, 0.05) is 74.8 Å². The van der Waals surface area contributed by atoms with Crippen molar-refractivity contribution in [3.8, 4) is 68.4 Å². The molecular formula is C133H90Br2N4O3Si3. The molecule has 0 radical (unpaired) electrons. The quantitative estimate of drug-likeness (QED) is 0.128. The molecule has 12 heteroatoms. The van der Waals surface area contributed by atoms with Crippen LogP contribution in [0.4, 0.5) is 0 Å². The molecule has 4 aliphatic rings. The lowest BCUT2D eigenvalue weighted by molar-refractivity contribution is 0.486. The Hall–Kier alpha value is -16.9. The number of hydrogen-bond acceptors (Lipinski definition) is 3. The maximum absolute atomic E-state index is 6.99. The van der Waals surface area contributed by atoms with Crippen LogP contribution in [0.2, 0.25) is 0 Å². The molecule has 4 aromatic heterocycles. The Kier molecular flexibility index (Phi) is 21.6. The summed E-state index contributed by atoms with van der Waals surface area (Å²) >= 11 is 7.40. The van der Waals surface area contributed by atoms with Gasteiger partial charge in [0.15, 0.2) is 24.2 Å². The van der Waals surface area contributed by atoms with Crippen molar-refractivity contribution in [2.24, 2.45) is 0 Å². The lowest BCUT2D eigenvalue weighted by Gasteiger charge is -2.40. The summed E-state index contributed by atoms with van der Waals surface area (Å²) in [5.74, 6) is 5.55. The van der Waals surface area contributed by atoms with E-state index < -0.39 is 24.2 Å². The minimum absolute atomic E-state index is 0.918. The normalized spacial score (nSPS) is 13.3. The second kappa shape index (κ2) is 35.9. The molecule has 145 heavy (non-hydrogen) atoms. The van der Waals surface area contributed by atoms with Gasteiger partial charge in [0.25, 0.3) is 0 Å². The van der Waals surface area contributed by atoms with Crippen LogP contribution in [0, 0.1) is 0 Å². The number of para-hydroxylation sites is 8. The fraction of sp³-hybridized carbons (Fsp3) is 0.00752. The van der Waals surface area contributed by atoms with Crippen molar-refractivity contribution in [1.82, 2.24) is 18.3 Å². The summed E-state index contributed by atoms with van der Waals surface area (Å²) < 4.78 is 32.2. The third-order valence-corrected chi connectivity index (χ3v) is 45.5. The number of halogens is 2. The van der Waals surface area contributed by atoms with Gasteiger partial charge in [-0.1, -0.05) is 408 Å². The zero-order valence-corrected chi connectivity index (χ0v) is 85.0. The highest BCUT2D eigenvalue weighted by atomic mass is 79.9. The van der Waals surface area contributed by atoms with Crippen molar-refractivity contribution >= 4 is 206 Å². The molecule has 0 fully saturated rings. The molecular weight excluding hydrogens is 1950 g/mol. The average molecular weight is 2040 g/mol. The Labute approximate surface area is 859 Å². The minimum Gasteiger partial charge on any atom is -0.458 e. The highest BCUT2D eigenvalue weighted by molar-refractivity contribution is 9.10. The fourth-order valence-corrected chi connectivity index (χ4v) is 40.2. The Balaban J connectivity index is 0.000000105. The largest absolute Gasteiger partial charge is 0.458 e. The molecule has 1 aliphatic carbocycles. The third-order valence-electron chi connectivity index (χ3n) is 30.1. The molecule has 0 spiro atoms. The minimum atomic E-state index is -2.99. The number of ether oxygens (including phenoxy) is 3. The summed E-state index contributed by atoms with van der Waals surface area (Å²) in [6.07, 6.45) is 1.10. The van der Waals surface area contributed by atoms with Crippen LogP contribution in [0.15, 0.2) is 543 Å². The van der Waals surface area contributed by atoms with Crippen molar-refractivity contribution < 1.29 is 14.2 Å². The molecule has 0 bridgehead atoms. The lowest BCUT2D eigenvalue weighted by Crippen LogP contribution is -2.76. The Bertz CT molecular complexity index is 8410. The summed E-state index contributed by atoms with van der Waals surface area (Å²) in [7, 11) is -8.50. The molecule has 0 N–H and O–H groups in total. The van der Waals surface area contributed by atoms with Gasteiger partial charge in [-0.05, 0) is 249 Å². The van der Waals surface area contributed by atoms with Crippen molar-refractivity contribution in [3.63, 3.8) is 0 Å². The molecule has 0 unspecified atom stereocenters. The second-order valence-electron chi connectivity index (χ2n) is 37.7. The van der Waals surface area contributed by atoms with Gasteiger partial charge in [-0.2, -0.15) is 0 Å². The number of fused-ring (bicyclic) bond motifs is 21. The molecule has 22 aromatic carbocycles. The van der Waals surface area contributed by atoms with E-state index in [0.29, 0.717) is 0 Å². The first-order valence-electron chi connectivity index (χ1n) is 49.4. The Morgan fingerprint density at radius 2 is 0.338 bits per heavy atom. The van der Waals surface area contributed by atoms with Crippen LogP contribution < -0.4 is 76.5 Å². The maximum atomic E-state index is 6.99. The number of hydrogen-bond donors (Lipinski definition) is 0. The van der Waals surface area contributed by atoms with Crippen LogP contribution in [-0.4, -0.2) is 42.5 Å². The van der Waals surface area contributed by atoms with Gasteiger partial charge in [0.05, 0.1) is 44.1 Å². The lowest BCUT2D eigenvalue weighted by atomic mass is 10.1. The van der Waals surface area contributed by atoms with E-state index in [1.165, 1.54) is 172 Å². The van der Waals surface area contributed by atoms with E-state index in [1.54, 1.807) is 0 Å². The summed E-state index contributed by atoms with van der Waals surface area (Å²) in [5, 5.41) is 25.5. The molecule has 0 saturated carbocycles. The summed E-state index contributed by atoms with van der Waals surface area (Å²) in [5.41, 5.74) is 19.8. The van der Waals surface area contributed by atoms with E-state index in [4.69, 9.17) is 14.2 Å². The number of nitrogens with zero attached hydrogens (tertiary/aromatic N) is 4. The molecule has 686 valence electrons. The van der Waals surface area contributed by atoms with Gasteiger partial charge < -0.3 is 32.5 Å². The molecule has 3 aliphatic heterocycles. The van der Waals surface area contributed by atoms with Crippen LogP contribution >= 0.6 is 31.9 Å². The molecule has 0 amide bonds. The van der Waals surface area contributed by atoms with Crippen LogP contribution in [0.1, 0.15) is 11.1 Å². The van der Waals surface area contributed by atoms with Crippen LogP contribution in [0.25, 0.3) is 121 Å². The zero-order valence-electron chi connectivity index (χ0n) is 78.8. The molecule has 26 aromatic rings. The van der Waals surface area contributed by atoms with Crippen molar-refractivity contribution in [2.75, 3.05) is 0 Å². The highest BCUT2D eigenvalue weighted by Crippen LogP contribution is 2.44. The third kappa shape index (κ3) is 14.1. The van der Waals surface area contributed by atoms with E-state index >= 15 is 0 Å². The van der Waals surface area contributed by atoms with Crippen molar-refractivity contribution in [1.29, 1.82) is 0 Å². The molecule has 30 rings (SSSR count). The van der Waals surface area contributed by atoms with Crippen molar-refractivity contribution in [3.05, 3.63) is 554 Å². The highest BCUT2D eigenvalue weighted by Gasteiger charge is 2.52. The number of aromatic nitrogens is 4. The van der Waals surface area contributed by atoms with E-state index in [2.05, 4.69) is 584 Å². The van der Waals surface area contributed by atoms with Gasteiger partial charge >= 0.3 is 0 Å². The predicted octanol–water partition coefficient (Wildman–Crippen LogP) is 26.7. The number of rotatable bonds is 10. The summed E-state index contributed by atoms with van der Waals surface area (Å²) in [6.45, 7) is 0. The summed E-state index contributed by atoms with van der Waals surface area (Å²) in [4.78, 5) is 0. The second-order valence-corrected chi connectivity index (χ2v) is 50.8. The first kappa shape index (κ1) is 87.1. The van der Waals surface area contributed by atoms with Crippen LogP contribution in [0.3, 0.4) is 0 Å². The van der Waals surface area contributed by atoms with Gasteiger partial charge in [0.1, 0.15) is 34.5 Å². The first-order chi connectivity index (χ1) is 71.7. The van der Waals surface area contributed by atoms with Gasteiger partial charge in [-0.15, -0.1) is 0 Å². The first-order valence-corrected chi connectivity index (χ1v) is 57.0. The summed E-state index contributed by atoms with van der Waals surface area (Å²) in [6, 6.07) is 194. The van der Waals surface area contributed by atoms with Gasteiger partial charge in [-0.3, -0.25) is 0 Å². The van der Waals surface area contributed by atoms with E-state index in [1.807, 2.05) is 0 Å². The van der Waals surface area contributed by atoms with Gasteiger partial charge in [-0.25, -0.2) is 0 Å². The zero-order chi connectivity index (χ0) is 96.3. The topological polar surface area (TPSA) is 47.4 Å². The van der Waals surface area contributed by atoms with Gasteiger partial charge in [0.2, 0.25) is 0 Å². The fourth-order valence-electron chi connectivity index (χ4n) is 24.1. The maximum Gasteiger partial charge on any atom is 0.188 e. The predicted molar refractivity (Wildman–Crippen MR) is 618 cm³/mol. The van der Waals surface area contributed by atoms with E-state index in [0.717, 1.165) is 72.6 Å². The Morgan fingerprint density at radius 3 is 0.552 bits per heavy atom. The van der Waals surface area contributed by atoms with Crippen LogP contribution in [0.5, 0.6) is 34.5 Å². The SMILES string of the molecule is Brc1ccc2c(c1)[Si](c1ccccc1)(c1ccccc1)c1cc(Br)ccc1O2.c1ccc([Si]2(c3ccccc3)c3cc(-n4c5ccccc5c5ccccc54)ccc3Oc3ccc(-n4c5ccccc5c5ccccc54)cc32)cc1.c1ccc([Si]2(c3ccccc3)c3cc(-n4c5ccccc5c5ccccc54)ccc3Oc3ccc(-n4c5ccccc5c5ccccc54)cc32)cc1.c1ccc2c(c1)Cc1ccccc1-2. The molecule has 0 atom stereocenters. The molecule has 0 saturated heterocycles. The molecule has 7 heterocycles. The standard InChI is InChI=1S/2C48H32N2OSi.C24H16Br2OSi.C13H10/c2*1-3-15-35(16-4-1)52(36-17-5-2-6-18-36)47-31-33(49-41-23-11-7-19-37(41)38-20-8-12-24-42(38)49)27-29-45(47)51-46-30-28-34(32-48(46)52)50-43-25-13-9-21-39(43)40-22-10-14-26-44(40)50;25-17-11-13-21-23(15-17)28(19-7-3-1-4-8-19,20-9-5-2-6-10-20)24-16-18(26)12-14-22(24)27-21;1-3-7-12-10(5-1)9-11-6-2-4-8-13(11)12/h2*1-32H;1-16H;1-8H,9H2. The number of benzene rings is 22. The smallest absolute Gasteiger partial charge is 0.188 e. The van der Waals surface area contributed by atoms with Crippen molar-refractivity contribution in [2.45, 2.75) is 6.42 Å². The Morgan fingerprint density at radius 1 is 0.166 bits per heavy atom. The average Bonchev–Trinajstić information content (AvgIpc) is 1.52. The van der Waals surface area contributed by atoms with E-state index in [9.17, 15) is 0 Å². The van der Waals surface area contributed by atoms with E-state index in [-0.39, 0.29) is 0 Å². The monoisotopic (exact) mass is 2030 g/mol. The van der Waals surface area contributed by atoms with Crippen LogP contribution in [-0.2, 0) is 6.42 Å².